The summed E-state index contributed by atoms with van der Waals surface area (Å²) in [6, 6.07) is 17.8. The zero-order chi connectivity index (χ0) is 20.9. The average molecular weight is 415 g/mol. The monoisotopic (exact) mass is 415 g/mol. The number of nitrogens with zero attached hydrogens (tertiary/aromatic N) is 2. The highest BCUT2D eigenvalue weighted by Crippen LogP contribution is 2.29. The molecule has 7 heteroatoms. The van der Waals surface area contributed by atoms with Crippen molar-refractivity contribution in [1.29, 1.82) is 0 Å². The van der Waals surface area contributed by atoms with Gasteiger partial charge < -0.3 is 10.1 Å². The van der Waals surface area contributed by atoms with Gasteiger partial charge >= 0.3 is 5.97 Å². The molecule has 0 unspecified atom stereocenters. The maximum absolute atomic E-state index is 12.5. The van der Waals surface area contributed by atoms with Crippen molar-refractivity contribution in [2.24, 2.45) is 0 Å². The van der Waals surface area contributed by atoms with Gasteiger partial charge in [-0.25, -0.2) is 4.98 Å². The lowest BCUT2D eigenvalue weighted by atomic mass is 10.1. The van der Waals surface area contributed by atoms with Crippen LogP contribution in [0.4, 0.5) is 5.69 Å². The van der Waals surface area contributed by atoms with Gasteiger partial charge in [0, 0.05) is 47.1 Å². The number of esters is 1. The number of aromatic nitrogens is 2. The average Bonchev–Trinajstić information content (AvgIpc) is 3.25. The highest BCUT2D eigenvalue weighted by Gasteiger charge is 2.10. The fourth-order valence-corrected chi connectivity index (χ4v) is 3.67. The molecule has 0 saturated carbocycles. The molecule has 0 radical (unpaired) electrons. The van der Waals surface area contributed by atoms with Crippen molar-refractivity contribution in [3.8, 4) is 27.6 Å². The Labute approximate surface area is 177 Å². The quantitative estimate of drug-likeness (QED) is 0.364. The summed E-state index contributed by atoms with van der Waals surface area (Å²) in [5.74, 6) is -0.259. The second-order valence-electron chi connectivity index (χ2n) is 6.43. The summed E-state index contributed by atoms with van der Waals surface area (Å²) in [6.07, 6.45) is 3.48. The molecule has 0 aliphatic rings. The van der Waals surface area contributed by atoms with E-state index >= 15 is 0 Å². The molecular formula is C23H17N3O3S. The smallest absolute Gasteiger partial charge is 0.308 e. The highest BCUT2D eigenvalue weighted by molar-refractivity contribution is 7.13. The predicted molar refractivity (Wildman–Crippen MR) is 116 cm³/mol. The number of hydrogen-bond donors (Lipinski definition) is 1. The summed E-state index contributed by atoms with van der Waals surface area (Å²) < 4.78 is 4.99. The number of amides is 1. The molecule has 4 aromatic rings. The first-order valence-electron chi connectivity index (χ1n) is 9.15. The number of pyridine rings is 1. The Bertz CT molecular complexity index is 1190. The Balaban J connectivity index is 1.49. The highest BCUT2D eigenvalue weighted by atomic mass is 32.1. The summed E-state index contributed by atoms with van der Waals surface area (Å²) >= 11 is 1.56. The van der Waals surface area contributed by atoms with Gasteiger partial charge in [0.25, 0.3) is 5.91 Å². The number of carbonyl (C=O) groups excluding carboxylic acids is 2. The van der Waals surface area contributed by atoms with Gasteiger partial charge in [0.1, 0.15) is 10.8 Å². The fourth-order valence-electron chi connectivity index (χ4n) is 2.83. The van der Waals surface area contributed by atoms with Crippen LogP contribution in [0.3, 0.4) is 0 Å². The Morgan fingerprint density at radius 2 is 1.73 bits per heavy atom. The molecular weight excluding hydrogens is 398 g/mol. The summed E-state index contributed by atoms with van der Waals surface area (Å²) in [5, 5.41) is 5.79. The molecule has 2 aromatic heterocycles. The van der Waals surface area contributed by atoms with Crippen molar-refractivity contribution in [2.45, 2.75) is 6.92 Å². The van der Waals surface area contributed by atoms with E-state index in [1.165, 1.54) is 6.92 Å². The minimum atomic E-state index is -0.404. The molecule has 1 N–H and O–H groups in total. The van der Waals surface area contributed by atoms with E-state index in [0.717, 1.165) is 21.8 Å². The standard InChI is InChI=1S/C23H17N3O3S/c1-15(27)29-20-7-5-16(6-8-20)22(28)25-19-4-2-3-18(13-19)21-14-30-23(26-21)17-9-11-24-12-10-17/h2-14H,1H3,(H,25,28). The van der Waals surface area contributed by atoms with Crippen LogP contribution in [0.25, 0.3) is 21.8 Å². The van der Waals surface area contributed by atoms with E-state index in [2.05, 4.69) is 10.3 Å². The summed E-state index contributed by atoms with van der Waals surface area (Å²) in [7, 11) is 0. The predicted octanol–water partition coefficient (Wildman–Crippen LogP) is 5.05. The third-order valence-electron chi connectivity index (χ3n) is 4.23. The van der Waals surface area contributed by atoms with E-state index in [-0.39, 0.29) is 5.91 Å². The van der Waals surface area contributed by atoms with Crippen LogP contribution in [0.5, 0.6) is 5.75 Å². The lowest BCUT2D eigenvalue weighted by Gasteiger charge is -2.07. The molecule has 1 amide bonds. The normalized spacial score (nSPS) is 10.4. The summed E-state index contributed by atoms with van der Waals surface area (Å²) in [4.78, 5) is 32.3. The van der Waals surface area contributed by atoms with Crippen LogP contribution >= 0.6 is 11.3 Å². The van der Waals surface area contributed by atoms with Gasteiger partial charge in [0.15, 0.2) is 0 Å². The molecule has 0 atom stereocenters. The number of thiazole rings is 1. The molecule has 0 spiro atoms. The lowest BCUT2D eigenvalue weighted by molar-refractivity contribution is -0.131. The van der Waals surface area contributed by atoms with E-state index in [1.54, 1.807) is 48.0 Å². The molecule has 2 aromatic carbocycles. The molecule has 0 saturated heterocycles. The van der Waals surface area contributed by atoms with E-state index in [0.29, 0.717) is 17.0 Å². The first-order valence-corrected chi connectivity index (χ1v) is 10.0. The van der Waals surface area contributed by atoms with Crippen LogP contribution < -0.4 is 10.1 Å². The lowest BCUT2D eigenvalue weighted by Crippen LogP contribution is -2.12. The van der Waals surface area contributed by atoms with Crippen LogP contribution in [0, 0.1) is 0 Å². The first-order chi connectivity index (χ1) is 14.6. The van der Waals surface area contributed by atoms with Crippen LogP contribution in [0.1, 0.15) is 17.3 Å². The number of rotatable bonds is 5. The van der Waals surface area contributed by atoms with Gasteiger partial charge in [0.05, 0.1) is 5.69 Å². The van der Waals surface area contributed by atoms with Crippen molar-refractivity contribution in [2.75, 3.05) is 5.32 Å². The van der Waals surface area contributed by atoms with Gasteiger partial charge in [-0.3, -0.25) is 14.6 Å². The number of benzene rings is 2. The van der Waals surface area contributed by atoms with E-state index in [1.807, 2.05) is 41.8 Å². The van der Waals surface area contributed by atoms with Crippen molar-refractivity contribution in [1.82, 2.24) is 9.97 Å². The Morgan fingerprint density at radius 3 is 2.47 bits per heavy atom. The molecule has 0 bridgehead atoms. The van der Waals surface area contributed by atoms with Gasteiger partial charge in [0.2, 0.25) is 0 Å². The molecule has 0 aliphatic carbocycles. The van der Waals surface area contributed by atoms with Gasteiger partial charge in [-0.15, -0.1) is 11.3 Å². The number of carbonyl (C=O) groups is 2. The minimum Gasteiger partial charge on any atom is -0.427 e. The molecule has 0 fully saturated rings. The zero-order valence-corrected chi connectivity index (χ0v) is 16.8. The Kier molecular flexibility index (Phi) is 5.63. The van der Waals surface area contributed by atoms with E-state index in [9.17, 15) is 9.59 Å². The Hall–Kier alpha value is -3.84. The number of ether oxygens (including phenoxy) is 1. The Morgan fingerprint density at radius 1 is 0.967 bits per heavy atom. The molecule has 30 heavy (non-hydrogen) atoms. The zero-order valence-electron chi connectivity index (χ0n) is 16.0. The maximum Gasteiger partial charge on any atom is 0.308 e. The van der Waals surface area contributed by atoms with Crippen molar-refractivity contribution in [3.63, 3.8) is 0 Å². The maximum atomic E-state index is 12.5. The number of anilines is 1. The molecule has 6 nitrogen and oxygen atoms in total. The molecule has 2 heterocycles. The van der Waals surface area contributed by atoms with Crippen LogP contribution in [-0.4, -0.2) is 21.8 Å². The van der Waals surface area contributed by atoms with Crippen molar-refractivity contribution < 1.29 is 14.3 Å². The van der Waals surface area contributed by atoms with Gasteiger partial charge in [-0.05, 0) is 48.5 Å². The van der Waals surface area contributed by atoms with Crippen LogP contribution in [0.15, 0.2) is 78.4 Å². The van der Waals surface area contributed by atoms with Gasteiger partial charge in [-0.2, -0.15) is 0 Å². The van der Waals surface area contributed by atoms with Crippen molar-refractivity contribution >= 4 is 28.9 Å². The van der Waals surface area contributed by atoms with Crippen LogP contribution in [-0.2, 0) is 4.79 Å². The second kappa shape index (κ2) is 8.67. The summed E-state index contributed by atoms with van der Waals surface area (Å²) in [6.45, 7) is 1.33. The van der Waals surface area contributed by atoms with E-state index in [4.69, 9.17) is 9.72 Å². The van der Waals surface area contributed by atoms with E-state index < -0.39 is 5.97 Å². The van der Waals surface area contributed by atoms with Crippen molar-refractivity contribution in [3.05, 3.63) is 84.0 Å². The third-order valence-corrected chi connectivity index (χ3v) is 5.12. The van der Waals surface area contributed by atoms with Gasteiger partial charge in [-0.1, -0.05) is 12.1 Å². The third kappa shape index (κ3) is 4.59. The largest absolute Gasteiger partial charge is 0.427 e. The first kappa shape index (κ1) is 19.5. The molecule has 148 valence electrons. The summed E-state index contributed by atoms with van der Waals surface area (Å²) in [5.41, 5.74) is 3.90. The molecule has 0 aliphatic heterocycles. The van der Waals surface area contributed by atoms with Crippen LogP contribution in [0.2, 0.25) is 0 Å². The minimum absolute atomic E-state index is 0.253. The second-order valence-corrected chi connectivity index (χ2v) is 7.28. The number of nitrogens with one attached hydrogen (secondary N) is 1. The topological polar surface area (TPSA) is 81.2 Å². The number of hydrogen-bond acceptors (Lipinski definition) is 6. The fraction of sp³-hybridized carbons (Fsp3) is 0.0435. The SMILES string of the molecule is CC(=O)Oc1ccc(C(=O)Nc2cccc(-c3csc(-c4ccncc4)n3)c2)cc1. The molecule has 4 rings (SSSR count).